The zero-order valence-electron chi connectivity index (χ0n) is 18.6. The van der Waals surface area contributed by atoms with Crippen LogP contribution in [0.5, 0.6) is 0 Å². The van der Waals surface area contributed by atoms with Crippen LogP contribution in [-0.2, 0) is 19.1 Å². The Bertz CT molecular complexity index is 633. The summed E-state index contributed by atoms with van der Waals surface area (Å²) in [4.78, 5) is 38.1. The zero-order chi connectivity index (χ0) is 21.3. The van der Waals surface area contributed by atoms with Gasteiger partial charge in [0.15, 0.2) is 6.10 Å². The first-order valence-corrected chi connectivity index (χ1v) is 12.2. The SMILES string of the molecule is C[C@H](NC(=O)C12CC3CC(CC(C3)C1)C2)C(=O)O[C@H](C)C(=O)NC1CCCCCC1. The van der Waals surface area contributed by atoms with E-state index >= 15 is 0 Å². The zero-order valence-corrected chi connectivity index (χ0v) is 18.6. The average molecular weight is 419 g/mol. The maximum absolute atomic E-state index is 13.1. The minimum Gasteiger partial charge on any atom is -0.451 e. The Morgan fingerprint density at radius 2 is 1.40 bits per heavy atom. The van der Waals surface area contributed by atoms with Gasteiger partial charge >= 0.3 is 5.97 Å². The summed E-state index contributed by atoms with van der Waals surface area (Å²) < 4.78 is 5.40. The van der Waals surface area contributed by atoms with E-state index in [9.17, 15) is 14.4 Å². The van der Waals surface area contributed by atoms with Crippen LogP contribution in [0.2, 0.25) is 0 Å². The van der Waals surface area contributed by atoms with Crippen molar-refractivity contribution in [3.63, 3.8) is 0 Å². The summed E-state index contributed by atoms with van der Waals surface area (Å²) in [5.74, 6) is 1.28. The lowest BCUT2D eigenvalue weighted by atomic mass is 9.49. The standard InChI is InChI=1S/C24H38N2O4/c1-15(22(28)30-16(2)21(27)26-20-7-5-3-4-6-8-20)25-23(29)24-12-17-9-18(13-24)11-19(10-17)14-24/h15-20H,3-14H2,1-2H3,(H,25,29)(H,26,27)/t15-,16+,17?,18?,19?,24?/m0/s1. The van der Waals surface area contributed by atoms with E-state index in [1.54, 1.807) is 13.8 Å². The van der Waals surface area contributed by atoms with Crippen molar-refractivity contribution in [3.05, 3.63) is 0 Å². The first-order valence-electron chi connectivity index (χ1n) is 12.2. The van der Waals surface area contributed by atoms with Gasteiger partial charge in [-0.2, -0.15) is 0 Å². The highest BCUT2D eigenvalue weighted by Crippen LogP contribution is 2.60. The smallest absolute Gasteiger partial charge is 0.329 e. The molecule has 0 saturated heterocycles. The molecule has 2 amide bonds. The van der Waals surface area contributed by atoms with Crippen LogP contribution in [0.4, 0.5) is 0 Å². The highest BCUT2D eigenvalue weighted by molar-refractivity contribution is 5.89. The Morgan fingerprint density at radius 1 is 0.867 bits per heavy atom. The predicted molar refractivity (Wildman–Crippen MR) is 113 cm³/mol. The third-order valence-electron chi connectivity index (χ3n) is 8.08. The summed E-state index contributed by atoms with van der Waals surface area (Å²) in [5.41, 5.74) is -0.286. The molecule has 5 rings (SSSR count). The molecule has 5 fully saturated rings. The molecule has 5 aliphatic rings. The maximum Gasteiger partial charge on any atom is 0.329 e. The van der Waals surface area contributed by atoms with Crippen LogP contribution in [0, 0.1) is 23.2 Å². The number of esters is 1. The van der Waals surface area contributed by atoms with Crippen LogP contribution < -0.4 is 10.6 Å². The van der Waals surface area contributed by atoms with E-state index in [1.165, 1.54) is 32.1 Å². The topological polar surface area (TPSA) is 84.5 Å². The largest absolute Gasteiger partial charge is 0.451 e. The quantitative estimate of drug-likeness (QED) is 0.511. The van der Waals surface area contributed by atoms with E-state index < -0.39 is 18.1 Å². The van der Waals surface area contributed by atoms with E-state index in [1.807, 2.05) is 0 Å². The lowest BCUT2D eigenvalue weighted by Gasteiger charge is -2.55. The van der Waals surface area contributed by atoms with Crippen molar-refractivity contribution in [1.82, 2.24) is 10.6 Å². The van der Waals surface area contributed by atoms with Gasteiger partial charge in [0.1, 0.15) is 6.04 Å². The van der Waals surface area contributed by atoms with E-state index in [2.05, 4.69) is 10.6 Å². The van der Waals surface area contributed by atoms with Crippen LogP contribution in [0.3, 0.4) is 0 Å². The molecule has 2 atom stereocenters. The van der Waals surface area contributed by atoms with Gasteiger partial charge in [0.25, 0.3) is 5.91 Å². The highest BCUT2D eigenvalue weighted by Gasteiger charge is 2.54. The van der Waals surface area contributed by atoms with Gasteiger partial charge in [0.2, 0.25) is 5.91 Å². The molecule has 6 nitrogen and oxygen atoms in total. The van der Waals surface area contributed by atoms with Crippen molar-refractivity contribution in [2.75, 3.05) is 0 Å². The van der Waals surface area contributed by atoms with Gasteiger partial charge in [-0.05, 0) is 83.0 Å². The van der Waals surface area contributed by atoms with E-state index in [0.29, 0.717) is 17.8 Å². The fraction of sp³-hybridized carbons (Fsp3) is 0.875. The molecule has 0 aromatic heterocycles. The van der Waals surface area contributed by atoms with Crippen molar-refractivity contribution < 1.29 is 19.1 Å². The molecule has 30 heavy (non-hydrogen) atoms. The molecular formula is C24H38N2O4. The number of nitrogens with one attached hydrogen (secondary N) is 2. The van der Waals surface area contributed by atoms with Gasteiger partial charge in [-0.25, -0.2) is 4.79 Å². The molecule has 6 heteroatoms. The number of amides is 2. The van der Waals surface area contributed by atoms with Gasteiger partial charge in [-0.1, -0.05) is 25.7 Å². The van der Waals surface area contributed by atoms with Crippen molar-refractivity contribution in [1.29, 1.82) is 0 Å². The van der Waals surface area contributed by atoms with Crippen molar-refractivity contribution in [3.8, 4) is 0 Å². The molecule has 0 aromatic rings. The fourth-order valence-corrected chi connectivity index (χ4v) is 6.87. The minimum atomic E-state index is -0.848. The van der Waals surface area contributed by atoms with Gasteiger partial charge in [-0.3, -0.25) is 9.59 Å². The number of carbonyl (C=O) groups excluding carboxylic acids is 3. The van der Waals surface area contributed by atoms with Crippen LogP contribution in [0.25, 0.3) is 0 Å². The Labute approximate surface area is 180 Å². The number of ether oxygens (including phenoxy) is 1. The number of hydrogen-bond acceptors (Lipinski definition) is 4. The van der Waals surface area contributed by atoms with E-state index in [4.69, 9.17) is 4.74 Å². The minimum absolute atomic E-state index is 0.0154. The summed E-state index contributed by atoms with van der Waals surface area (Å²) in [6.45, 7) is 3.27. The molecule has 5 saturated carbocycles. The molecule has 0 aromatic carbocycles. The van der Waals surface area contributed by atoms with Crippen molar-refractivity contribution in [2.24, 2.45) is 23.2 Å². The number of hydrogen-bond donors (Lipinski definition) is 2. The molecule has 0 spiro atoms. The molecule has 4 bridgehead atoms. The molecule has 5 aliphatic carbocycles. The summed E-state index contributed by atoms with van der Waals surface area (Å²) in [7, 11) is 0. The van der Waals surface area contributed by atoms with Gasteiger partial charge in [-0.15, -0.1) is 0 Å². The average Bonchev–Trinajstić information content (AvgIpc) is 2.95. The molecule has 0 aliphatic heterocycles. The maximum atomic E-state index is 13.1. The molecule has 0 unspecified atom stereocenters. The highest BCUT2D eigenvalue weighted by atomic mass is 16.5. The summed E-state index contributed by atoms with van der Waals surface area (Å²) >= 11 is 0. The lowest BCUT2D eigenvalue weighted by molar-refractivity contribution is -0.159. The monoisotopic (exact) mass is 418 g/mol. The Hall–Kier alpha value is -1.59. The Morgan fingerprint density at radius 3 is 1.93 bits per heavy atom. The third kappa shape index (κ3) is 4.67. The number of rotatable bonds is 6. The van der Waals surface area contributed by atoms with E-state index in [-0.39, 0.29) is 23.3 Å². The normalized spacial score (nSPS) is 35.2. The Balaban J connectivity index is 1.26. The van der Waals surface area contributed by atoms with Crippen molar-refractivity contribution >= 4 is 17.8 Å². The summed E-state index contributed by atoms with van der Waals surface area (Å²) in [6.07, 6.45) is 12.6. The van der Waals surface area contributed by atoms with E-state index in [0.717, 1.165) is 44.9 Å². The Kier molecular flexibility index (Phi) is 6.40. The molecule has 168 valence electrons. The van der Waals surface area contributed by atoms with Crippen LogP contribution in [0.15, 0.2) is 0 Å². The van der Waals surface area contributed by atoms with Crippen LogP contribution in [0.1, 0.15) is 90.9 Å². The number of carbonyl (C=O) groups is 3. The fourth-order valence-electron chi connectivity index (χ4n) is 6.87. The second kappa shape index (κ2) is 8.88. The second-order valence-corrected chi connectivity index (χ2v) is 10.7. The van der Waals surface area contributed by atoms with Crippen LogP contribution >= 0.6 is 0 Å². The first kappa shape index (κ1) is 21.6. The molecule has 0 heterocycles. The first-order chi connectivity index (χ1) is 14.3. The van der Waals surface area contributed by atoms with Gasteiger partial charge in [0, 0.05) is 11.5 Å². The van der Waals surface area contributed by atoms with Crippen molar-refractivity contribution in [2.45, 2.75) is 109 Å². The summed E-state index contributed by atoms with van der Waals surface area (Å²) in [6, 6.07) is -0.562. The van der Waals surface area contributed by atoms with Gasteiger partial charge in [0.05, 0.1) is 0 Å². The summed E-state index contributed by atoms with van der Waals surface area (Å²) in [5, 5.41) is 5.95. The van der Waals surface area contributed by atoms with Crippen LogP contribution in [-0.4, -0.2) is 36.0 Å². The molecule has 0 radical (unpaired) electrons. The lowest BCUT2D eigenvalue weighted by Crippen LogP contribution is -2.56. The molecule has 2 N–H and O–H groups in total. The molecular weight excluding hydrogens is 380 g/mol. The predicted octanol–water partition coefficient (Wildman–Crippen LogP) is 3.48. The van der Waals surface area contributed by atoms with Gasteiger partial charge < -0.3 is 15.4 Å². The third-order valence-corrected chi connectivity index (χ3v) is 8.08. The second-order valence-electron chi connectivity index (χ2n) is 10.7.